The molecule has 2 aliphatic rings. The second-order valence-electron chi connectivity index (χ2n) is 7.72. The number of halogens is 1. The lowest BCUT2D eigenvalue weighted by atomic mass is 10.0. The molecule has 0 saturated carbocycles. The van der Waals surface area contributed by atoms with Crippen molar-refractivity contribution in [1.29, 1.82) is 0 Å². The van der Waals surface area contributed by atoms with E-state index in [-0.39, 0.29) is 11.8 Å². The summed E-state index contributed by atoms with van der Waals surface area (Å²) in [5.74, 6) is 0.947. The molecule has 3 aromatic carbocycles. The first-order valence-corrected chi connectivity index (χ1v) is 11.7. The largest absolute Gasteiger partial charge is 0.497 e. The summed E-state index contributed by atoms with van der Waals surface area (Å²) in [5.41, 5.74) is 3.07. The van der Waals surface area contributed by atoms with Gasteiger partial charge in [-0.1, -0.05) is 48.0 Å². The molecule has 0 aliphatic carbocycles. The maximum atomic E-state index is 14.0. The monoisotopic (exact) mass is 464 g/mol. The van der Waals surface area contributed by atoms with Gasteiger partial charge in [-0.15, -0.1) is 11.8 Å². The Balaban J connectivity index is 1.59. The second kappa shape index (κ2) is 8.19. The van der Waals surface area contributed by atoms with Crippen LogP contribution in [0.25, 0.3) is 0 Å². The molecule has 7 heteroatoms. The van der Waals surface area contributed by atoms with Crippen LogP contribution in [0.2, 0.25) is 5.02 Å². The minimum atomic E-state index is -1.13. The van der Waals surface area contributed by atoms with Gasteiger partial charge in [0.2, 0.25) is 0 Å². The van der Waals surface area contributed by atoms with Crippen molar-refractivity contribution in [3.05, 3.63) is 94.5 Å². The summed E-state index contributed by atoms with van der Waals surface area (Å²) < 4.78 is 5.29. The Kier molecular flexibility index (Phi) is 5.35. The average molecular weight is 465 g/mol. The van der Waals surface area contributed by atoms with Crippen LogP contribution in [-0.4, -0.2) is 36.1 Å². The molecular weight excluding hydrogens is 444 g/mol. The Labute approximate surface area is 195 Å². The van der Waals surface area contributed by atoms with Crippen molar-refractivity contribution < 1.29 is 14.3 Å². The lowest BCUT2D eigenvalue weighted by Crippen LogP contribution is -2.50. The SMILES string of the molecule is COc1cccc(C(=O)N2CCS[C@@]23C(=O)N(Cc2ccccc2)c2ccc(Cl)cc23)c1. The minimum absolute atomic E-state index is 0.114. The van der Waals surface area contributed by atoms with Crippen LogP contribution in [0.3, 0.4) is 0 Å². The fourth-order valence-electron chi connectivity index (χ4n) is 4.42. The second-order valence-corrected chi connectivity index (χ2v) is 9.44. The molecule has 0 unspecified atom stereocenters. The lowest BCUT2D eigenvalue weighted by molar-refractivity contribution is -0.123. The molecule has 0 N–H and O–H groups in total. The van der Waals surface area contributed by atoms with Crippen molar-refractivity contribution >= 4 is 40.9 Å². The van der Waals surface area contributed by atoms with Gasteiger partial charge in [0.1, 0.15) is 5.75 Å². The van der Waals surface area contributed by atoms with E-state index in [1.54, 1.807) is 47.2 Å². The van der Waals surface area contributed by atoms with Crippen molar-refractivity contribution in [2.45, 2.75) is 11.4 Å². The van der Waals surface area contributed by atoms with Gasteiger partial charge in [-0.05, 0) is 42.0 Å². The molecule has 1 saturated heterocycles. The first kappa shape index (κ1) is 20.9. The minimum Gasteiger partial charge on any atom is -0.497 e. The maximum absolute atomic E-state index is 14.0. The molecular formula is C25H21ClN2O3S. The van der Waals surface area contributed by atoms with E-state index in [1.807, 2.05) is 42.5 Å². The van der Waals surface area contributed by atoms with E-state index in [2.05, 4.69) is 0 Å². The molecule has 1 fully saturated rings. The number of hydrogen-bond acceptors (Lipinski definition) is 4. The van der Waals surface area contributed by atoms with E-state index < -0.39 is 4.87 Å². The standard InChI is InChI=1S/C25H21ClN2O3S/c1-31-20-9-5-8-18(14-20)23(29)28-12-13-32-25(28)21-15-19(26)10-11-22(21)27(24(25)30)16-17-6-3-2-4-7-17/h2-11,14-15H,12-13,16H2,1H3/t25-/m0/s1. The summed E-state index contributed by atoms with van der Waals surface area (Å²) in [5, 5.41) is 0.541. The third kappa shape index (κ3) is 3.26. The Bertz CT molecular complexity index is 1200. The van der Waals surface area contributed by atoms with Crippen molar-refractivity contribution in [1.82, 2.24) is 4.90 Å². The van der Waals surface area contributed by atoms with Gasteiger partial charge in [0.05, 0.1) is 19.3 Å². The average Bonchev–Trinajstić information content (AvgIpc) is 3.36. The number of fused-ring (bicyclic) bond motifs is 2. The molecule has 0 radical (unpaired) electrons. The zero-order valence-electron chi connectivity index (χ0n) is 17.5. The predicted molar refractivity (Wildman–Crippen MR) is 127 cm³/mol. The number of benzene rings is 3. The Morgan fingerprint density at radius 2 is 1.91 bits per heavy atom. The number of amides is 2. The van der Waals surface area contributed by atoms with Crippen LogP contribution >= 0.6 is 23.4 Å². The highest BCUT2D eigenvalue weighted by molar-refractivity contribution is 8.01. The molecule has 3 aromatic rings. The predicted octanol–water partition coefficient (Wildman–Crippen LogP) is 4.94. The van der Waals surface area contributed by atoms with Crippen LogP contribution in [0.5, 0.6) is 5.75 Å². The Hall–Kier alpha value is -2.96. The molecule has 2 heterocycles. The number of hydrogen-bond donors (Lipinski definition) is 0. The first-order valence-electron chi connectivity index (χ1n) is 10.3. The van der Waals surface area contributed by atoms with Crippen molar-refractivity contribution in [2.24, 2.45) is 0 Å². The first-order chi connectivity index (χ1) is 15.5. The van der Waals surface area contributed by atoms with Crippen molar-refractivity contribution in [2.75, 3.05) is 24.3 Å². The van der Waals surface area contributed by atoms with Crippen molar-refractivity contribution in [3.63, 3.8) is 0 Å². The third-order valence-corrected chi connectivity index (χ3v) is 7.56. The van der Waals surface area contributed by atoms with Crippen LogP contribution < -0.4 is 9.64 Å². The smallest absolute Gasteiger partial charge is 0.268 e. The van der Waals surface area contributed by atoms with E-state index >= 15 is 0 Å². The molecule has 162 valence electrons. The van der Waals surface area contributed by atoms with Gasteiger partial charge in [0.15, 0.2) is 4.87 Å². The van der Waals surface area contributed by atoms with Crippen LogP contribution in [-0.2, 0) is 16.2 Å². The zero-order valence-corrected chi connectivity index (χ0v) is 19.0. The van der Waals surface area contributed by atoms with E-state index in [1.165, 1.54) is 11.8 Å². The molecule has 0 bridgehead atoms. The number of carbonyl (C=O) groups excluding carboxylic acids is 2. The number of thioether (sulfide) groups is 1. The van der Waals surface area contributed by atoms with E-state index in [0.717, 1.165) is 16.8 Å². The highest BCUT2D eigenvalue weighted by Crippen LogP contribution is 2.55. The van der Waals surface area contributed by atoms with Crippen LogP contribution in [0, 0.1) is 0 Å². The lowest BCUT2D eigenvalue weighted by Gasteiger charge is -2.33. The van der Waals surface area contributed by atoms with Crippen LogP contribution in [0.1, 0.15) is 21.5 Å². The summed E-state index contributed by atoms with van der Waals surface area (Å²) in [7, 11) is 1.57. The number of methoxy groups -OCH3 is 1. The number of rotatable bonds is 4. The number of anilines is 1. The van der Waals surface area contributed by atoms with Crippen LogP contribution in [0.4, 0.5) is 5.69 Å². The van der Waals surface area contributed by atoms with Gasteiger partial charge in [0, 0.05) is 28.4 Å². The highest BCUT2D eigenvalue weighted by Gasteiger charge is 2.59. The van der Waals surface area contributed by atoms with E-state index in [9.17, 15) is 9.59 Å². The fourth-order valence-corrected chi connectivity index (χ4v) is 6.05. The third-order valence-electron chi connectivity index (χ3n) is 5.90. The van der Waals surface area contributed by atoms with E-state index in [0.29, 0.717) is 35.2 Å². The number of nitrogens with zero attached hydrogens (tertiary/aromatic N) is 2. The number of carbonyl (C=O) groups is 2. The van der Waals surface area contributed by atoms with Gasteiger partial charge in [-0.25, -0.2) is 0 Å². The molecule has 0 aromatic heterocycles. The van der Waals surface area contributed by atoms with Gasteiger partial charge < -0.3 is 14.5 Å². The molecule has 2 aliphatic heterocycles. The quantitative estimate of drug-likeness (QED) is 0.549. The topological polar surface area (TPSA) is 49.9 Å². The summed E-state index contributed by atoms with van der Waals surface area (Å²) >= 11 is 7.86. The molecule has 5 nitrogen and oxygen atoms in total. The van der Waals surface area contributed by atoms with Gasteiger partial charge in [-0.2, -0.15) is 0 Å². The maximum Gasteiger partial charge on any atom is 0.268 e. The number of ether oxygens (including phenoxy) is 1. The molecule has 2 amide bonds. The zero-order chi connectivity index (χ0) is 22.3. The highest BCUT2D eigenvalue weighted by atomic mass is 35.5. The Morgan fingerprint density at radius 1 is 1.09 bits per heavy atom. The molecule has 32 heavy (non-hydrogen) atoms. The summed E-state index contributed by atoms with van der Waals surface area (Å²) in [6.45, 7) is 0.898. The fraction of sp³-hybridized carbons (Fsp3) is 0.200. The van der Waals surface area contributed by atoms with Gasteiger partial charge >= 0.3 is 0 Å². The van der Waals surface area contributed by atoms with E-state index in [4.69, 9.17) is 16.3 Å². The molecule has 1 spiro atoms. The Morgan fingerprint density at radius 3 is 2.69 bits per heavy atom. The summed E-state index contributed by atoms with van der Waals surface area (Å²) in [4.78, 5) is 30.0. The van der Waals surface area contributed by atoms with Crippen molar-refractivity contribution in [3.8, 4) is 5.75 Å². The van der Waals surface area contributed by atoms with Gasteiger partial charge in [0.25, 0.3) is 11.8 Å². The van der Waals surface area contributed by atoms with Crippen LogP contribution in [0.15, 0.2) is 72.8 Å². The summed E-state index contributed by atoms with van der Waals surface area (Å²) in [6.07, 6.45) is 0. The molecule has 5 rings (SSSR count). The summed E-state index contributed by atoms with van der Waals surface area (Å²) in [6, 6.07) is 22.4. The normalized spacial score (nSPS) is 19.5. The van der Waals surface area contributed by atoms with Gasteiger partial charge in [-0.3, -0.25) is 9.59 Å². The molecule has 1 atom stereocenters.